The van der Waals surface area contributed by atoms with E-state index in [-0.39, 0.29) is 19.2 Å². The Kier molecular flexibility index (Phi) is 731. The molecule has 0 amide bonds. The van der Waals surface area contributed by atoms with Crippen LogP contribution in [-0.4, -0.2) is 49.7 Å². The first-order chi connectivity index (χ1) is 16.5. The summed E-state index contributed by atoms with van der Waals surface area (Å²) in [6, 6.07) is 0. The second kappa shape index (κ2) is 321. The molecule has 0 heterocycles. The number of hydrogen-bond donors (Lipinski definition) is 2. The van der Waals surface area contributed by atoms with E-state index in [4.69, 9.17) is 14.9 Å². The number of carbonyl (C=O) groups is 1. The molecule has 0 aliphatic carbocycles. The SMILES string of the molecule is C=C.C=C.C=C.C=C.C=C.C=C.C=C.C=C.C=C.C=C(C)C(=O)OC.CCOCC.OCCO. The van der Waals surface area contributed by atoms with Crippen LogP contribution in [0.4, 0.5) is 0 Å². The largest absolute Gasteiger partial charge is 0.466 e. The summed E-state index contributed by atoms with van der Waals surface area (Å²) < 4.78 is 9.11. The van der Waals surface area contributed by atoms with Crippen LogP contribution in [0.5, 0.6) is 0 Å². The second-order valence-corrected chi connectivity index (χ2v) is 2.50. The number of carbonyl (C=O) groups excluding carboxylic acids is 1. The predicted octanol–water partition coefficient (Wildman–Crippen LogP) is 7.97. The molecule has 0 saturated carbocycles. The highest BCUT2D eigenvalue weighted by Gasteiger charge is 1.95. The topological polar surface area (TPSA) is 76.0 Å². The molecule has 0 aliphatic rings. The number of hydrogen-bond acceptors (Lipinski definition) is 5. The van der Waals surface area contributed by atoms with Gasteiger partial charge in [0.25, 0.3) is 0 Å². The van der Waals surface area contributed by atoms with E-state index in [1.807, 2.05) is 13.8 Å². The van der Waals surface area contributed by atoms with Crippen LogP contribution < -0.4 is 0 Å². The van der Waals surface area contributed by atoms with Crippen molar-refractivity contribution in [3.63, 3.8) is 0 Å². The maximum absolute atomic E-state index is 10.2. The van der Waals surface area contributed by atoms with Gasteiger partial charge in [-0.3, -0.25) is 0 Å². The van der Waals surface area contributed by atoms with Gasteiger partial charge in [-0.15, -0.1) is 118 Å². The van der Waals surface area contributed by atoms with Crippen LogP contribution in [0.1, 0.15) is 20.8 Å². The summed E-state index contributed by atoms with van der Waals surface area (Å²) in [6.07, 6.45) is 0. The minimum absolute atomic E-state index is 0.125. The number of rotatable bonds is 4. The lowest BCUT2D eigenvalue weighted by atomic mass is 10.4. The van der Waals surface area contributed by atoms with E-state index in [1.165, 1.54) is 7.11 Å². The molecule has 2 N–H and O–H groups in total. The van der Waals surface area contributed by atoms with Crippen molar-refractivity contribution in [2.45, 2.75) is 20.8 Å². The fourth-order valence-electron chi connectivity index (χ4n) is 0.378. The molecule has 0 radical (unpaired) electrons. The van der Waals surface area contributed by atoms with Gasteiger partial charge >= 0.3 is 5.97 Å². The third-order valence-electron chi connectivity index (χ3n) is 1.04. The van der Waals surface area contributed by atoms with E-state index >= 15 is 0 Å². The molecular formula is C29H60O5. The van der Waals surface area contributed by atoms with Gasteiger partial charge in [0.15, 0.2) is 0 Å². The summed E-state index contributed by atoms with van der Waals surface area (Å²) in [5.41, 5.74) is 0.433. The molecule has 0 saturated heterocycles. The smallest absolute Gasteiger partial charge is 0.332 e. The first-order valence-corrected chi connectivity index (χ1v) is 9.54. The van der Waals surface area contributed by atoms with E-state index in [9.17, 15) is 4.79 Å². The molecule has 0 unspecified atom stereocenters. The van der Waals surface area contributed by atoms with Crippen LogP contribution >= 0.6 is 0 Å². The lowest BCUT2D eigenvalue weighted by Crippen LogP contribution is -1.98. The normalized spacial score (nSPS) is 4.76. The zero-order valence-corrected chi connectivity index (χ0v) is 23.4. The zero-order chi connectivity index (χ0) is 31.4. The molecule has 0 aliphatic heterocycles. The van der Waals surface area contributed by atoms with Crippen molar-refractivity contribution < 1.29 is 24.5 Å². The first kappa shape index (κ1) is 77.4. The van der Waals surface area contributed by atoms with Gasteiger partial charge in [0, 0.05) is 18.8 Å². The Bertz CT molecular complexity index is 237. The number of aliphatic hydroxyl groups is 2. The standard InChI is InChI=1S/C5H8O2.C4H10O.C2H6O2.9C2H4/c1-4(2)5(6)7-3;1-3-5-4-2;3-1-2-4;9*1-2/h1H2,2-3H3;3-4H2,1-2H3;3-4H,1-2H2;9*1-2H2. The second-order valence-electron chi connectivity index (χ2n) is 2.50. The quantitative estimate of drug-likeness (QED) is 0.238. The summed E-state index contributed by atoms with van der Waals surface area (Å²) in [5.74, 6) is -0.347. The van der Waals surface area contributed by atoms with Crippen molar-refractivity contribution in [1.82, 2.24) is 0 Å². The molecule has 0 aromatic heterocycles. The van der Waals surface area contributed by atoms with Crippen molar-refractivity contribution in [2.24, 2.45) is 0 Å². The van der Waals surface area contributed by atoms with Gasteiger partial charge in [-0.2, -0.15) is 0 Å². The third kappa shape index (κ3) is 670. The Morgan fingerprint density at radius 2 is 0.765 bits per heavy atom. The maximum atomic E-state index is 10.2. The Balaban J connectivity index is -0.0000000163. The molecule has 0 aromatic carbocycles. The molecule has 0 atom stereocenters. The molecule has 5 nitrogen and oxygen atoms in total. The monoisotopic (exact) mass is 488 g/mol. The first-order valence-electron chi connectivity index (χ1n) is 9.54. The van der Waals surface area contributed by atoms with Gasteiger partial charge in [-0.25, -0.2) is 4.79 Å². The fraction of sp³-hybridized carbons (Fsp3) is 0.276. The molecule has 0 rings (SSSR count). The predicted molar refractivity (Wildman–Crippen MR) is 164 cm³/mol. The van der Waals surface area contributed by atoms with Crippen molar-refractivity contribution in [3.05, 3.63) is 131 Å². The number of aliphatic hydroxyl groups excluding tert-OH is 2. The lowest BCUT2D eigenvalue weighted by Gasteiger charge is -1.91. The van der Waals surface area contributed by atoms with E-state index < -0.39 is 0 Å². The Morgan fingerprint density at radius 3 is 0.765 bits per heavy atom. The van der Waals surface area contributed by atoms with E-state index in [0.717, 1.165) is 13.2 Å². The average molecular weight is 489 g/mol. The van der Waals surface area contributed by atoms with Crippen LogP contribution in [0.25, 0.3) is 0 Å². The van der Waals surface area contributed by atoms with Gasteiger partial charge in [0.1, 0.15) is 0 Å². The summed E-state index contributed by atoms with van der Waals surface area (Å²) in [6.45, 7) is 64.4. The van der Waals surface area contributed by atoms with E-state index in [1.54, 1.807) is 6.92 Å². The molecule has 0 spiro atoms. The Morgan fingerprint density at radius 1 is 0.588 bits per heavy atom. The number of ether oxygens (including phenoxy) is 2. The highest BCUT2D eigenvalue weighted by Crippen LogP contribution is 1.87. The van der Waals surface area contributed by atoms with Crippen LogP contribution in [0, 0.1) is 0 Å². The van der Waals surface area contributed by atoms with Gasteiger partial charge in [0.05, 0.1) is 20.3 Å². The van der Waals surface area contributed by atoms with Gasteiger partial charge in [-0.1, -0.05) is 6.58 Å². The minimum atomic E-state index is -0.347. The Hall–Kier alpha value is -3.25. The minimum Gasteiger partial charge on any atom is -0.466 e. The summed E-state index contributed by atoms with van der Waals surface area (Å²) in [7, 11) is 1.33. The van der Waals surface area contributed by atoms with Gasteiger partial charge in [0.2, 0.25) is 0 Å². The fourth-order valence-corrected chi connectivity index (χ4v) is 0.378. The highest BCUT2D eigenvalue weighted by atomic mass is 16.5. The van der Waals surface area contributed by atoms with Crippen LogP contribution in [0.15, 0.2) is 131 Å². The number of esters is 1. The van der Waals surface area contributed by atoms with E-state index in [2.05, 4.69) is 130 Å². The molecule has 0 aromatic rings. The van der Waals surface area contributed by atoms with Crippen LogP contribution in [-0.2, 0) is 14.3 Å². The third-order valence-corrected chi connectivity index (χ3v) is 1.04. The highest BCUT2D eigenvalue weighted by molar-refractivity contribution is 5.86. The van der Waals surface area contributed by atoms with Crippen LogP contribution in [0.2, 0.25) is 0 Å². The molecule has 0 fully saturated rings. The molecule has 0 bridgehead atoms. The van der Waals surface area contributed by atoms with Crippen molar-refractivity contribution in [3.8, 4) is 0 Å². The molecule has 34 heavy (non-hydrogen) atoms. The molecule has 206 valence electrons. The Labute approximate surface area is 215 Å². The zero-order valence-electron chi connectivity index (χ0n) is 23.4. The average Bonchev–Trinajstić information content (AvgIpc) is 2.98. The lowest BCUT2D eigenvalue weighted by molar-refractivity contribution is -0.136. The van der Waals surface area contributed by atoms with E-state index in [0.29, 0.717) is 5.57 Å². The van der Waals surface area contributed by atoms with Crippen molar-refractivity contribution in [2.75, 3.05) is 33.5 Å². The maximum Gasteiger partial charge on any atom is 0.332 e. The van der Waals surface area contributed by atoms with Crippen molar-refractivity contribution in [1.29, 1.82) is 0 Å². The number of methoxy groups -OCH3 is 1. The van der Waals surface area contributed by atoms with Gasteiger partial charge < -0.3 is 19.7 Å². The van der Waals surface area contributed by atoms with Gasteiger partial charge in [-0.05, 0) is 20.8 Å². The summed E-state index contributed by atoms with van der Waals surface area (Å²) >= 11 is 0. The molecule has 5 heteroatoms. The summed E-state index contributed by atoms with van der Waals surface area (Å²) in [4.78, 5) is 10.2. The van der Waals surface area contributed by atoms with Crippen molar-refractivity contribution >= 4 is 5.97 Å². The molecular weight excluding hydrogens is 428 g/mol. The summed E-state index contributed by atoms with van der Waals surface area (Å²) in [5, 5.41) is 15.2. The van der Waals surface area contributed by atoms with Crippen LogP contribution in [0.3, 0.4) is 0 Å².